The molecule has 0 bridgehead atoms. The summed E-state index contributed by atoms with van der Waals surface area (Å²) >= 11 is 5.93. The van der Waals surface area contributed by atoms with Crippen molar-refractivity contribution in [1.82, 2.24) is 4.72 Å². The highest BCUT2D eigenvalue weighted by atomic mass is 35.5. The Morgan fingerprint density at radius 1 is 1.20 bits per heavy atom. The molecule has 6 heteroatoms. The molecule has 1 saturated carbocycles. The highest BCUT2D eigenvalue weighted by molar-refractivity contribution is 7.89. The number of aliphatic hydroxyl groups excluding tert-OH is 1. The number of benzene rings is 1. The Morgan fingerprint density at radius 3 is 2.50 bits per heavy atom. The van der Waals surface area contributed by atoms with Crippen molar-refractivity contribution in [3.05, 3.63) is 29.3 Å². The monoisotopic (exact) mass is 317 g/mol. The van der Waals surface area contributed by atoms with Gasteiger partial charge in [-0.1, -0.05) is 36.6 Å². The minimum atomic E-state index is -3.59. The molecule has 20 heavy (non-hydrogen) atoms. The first-order valence-electron chi connectivity index (χ1n) is 6.89. The molecule has 2 rings (SSSR count). The molecule has 1 aromatic carbocycles. The zero-order chi connectivity index (χ0) is 14.6. The number of rotatable bonds is 5. The number of sulfonamides is 1. The van der Waals surface area contributed by atoms with Crippen LogP contribution in [0.4, 0.5) is 0 Å². The molecule has 0 aromatic heterocycles. The van der Waals surface area contributed by atoms with Crippen LogP contribution in [0, 0.1) is 11.8 Å². The molecular weight excluding hydrogens is 298 g/mol. The lowest BCUT2D eigenvalue weighted by molar-refractivity contribution is 0.136. The van der Waals surface area contributed by atoms with Crippen molar-refractivity contribution in [3.63, 3.8) is 0 Å². The molecule has 0 amide bonds. The molecule has 2 atom stereocenters. The Kier molecular flexibility index (Phi) is 5.43. The first-order valence-corrected chi connectivity index (χ1v) is 8.76. The molecule has 0 spiro atoms. The molecule has 2 unspecified atom stereocenters. The molecule has 112 valence electrons. The maximum Gasteiger partial charge on any atom is 0.242 e. The first-order chi connectivity index (χ1) is 9.54. The second-order valence-corrected chi connectivity index (χ2v) is 7.41. The van der Waals surface area contributed by atoms with E-state index in [-0.39, 0.29) is 28.4 Å². The van der Waals surface area contributed by atoms with Crippen LogP contribution in [-0.4, -0.2) is 26.7 Å². The Hall–Kier alpha value is -0.620. The molecule has 2 N–H and O–H groups in total. The van der Waals surface area contributed by atoms with Crippen molar-refractivity contribution in [2.45, 2.75) is 30.6 Å². The Balaban J connectivity index is 2.04. The van der Waals surface area contributed by atoms with Gasteiger partial charge in [0.1, 0.15) is 4.90 Å². The van der Waals surface area contributed by atoms with Gasteiger partial charge >= 0.3 is 0 Å². The van der Waals surface area contributed by atoms with Crippen molar-refractivity contribution in [3.8, 4) is 0 Å². The van der Waals surface area contributed by atoms with Crippen LogP contribution in [-0.2, 0) is 10.0 Å². The van der Waals surface area contributed by atoms with Gasteiger partial charge in [0.05, 0.1) is 5.02 Å². The lowest BCUT2D eigenvalue weighted by Gasteiger charge is -2.30. The molecule has 0 heterocycles. The topological polar surface area (TPSA) is 66.4 Å². The summed E-state index contributed by atoms with van der Waals surface area (Å²) < 4.78 is 27.1. The van der Waals surface area contributed by atoms with Crippen LogP contribution in [0.2, 0.25) is 5.02 Å². The highest BCUT2D eigenvalue weighted by Crippen LogP contribution is 2.29. The van der Waals surface area contributed by atoms with Gasteiger partial charge in [-0.3, -0.25) is 0 Å². The van der Waals surface area contributed by atoms with Crippen molar-refractivity contribution in [2.75, 3.05) is 13.2 Å². The van der Waals surface area contributed by atoms with E-state index in [9.17, 15) is 13.5 Å². The average molecular weight is 318 g/mol. The Labute approximate surface area is 125 Å². The normalized spacial score (nSPS) is 23.7. The third kappa shape index (κ3) is 3.73. The maximum absolute atomic E-state index is 12.2. The zero-order valence-corrected chi connectivity index (χ0v) is 12.8. The molecule has 0 radical (unpaired) electrons. The number of hydrogen-bond donors (Lipinski definition) is 2. The Bertz CT molecular complexity index is 547. The number of aliphatic hydroxyl groups is 1. The van der Waals surface area contributed by atoms with Crippen LogP contribution in [0.15, 0.2) is 29.2 Å². The standard InChI is InChI=1S/C14H20ClNO3S/c15-13-7-3-4-8-14(13)20(18,19)16-9-11-5-1-2-6-12(11)10-17/h3-4,7-8,11-12,16-17H,1-2,5-6,9-10H2. The maximum atomic E-state index is 12.2. The molecule has 0 saturated heterocycles. The minimum Gasteiger partial charge on any atom is -0.396 e. The fourth-order valence-electron chi connectivity index (χ4n) is 2.75. The lowest BCUT2D eigenvalue weighted by Crippen LogP contribution is -2.35. The van der Waals surface area contributed by atoms with E-state index in [0.29, 0.717) is 6.54 Å². The van der Waals surface area contributed by atoms with E-state index in [4.69, 9.17) is 11.6 Å². The molecule has 4 nitrogen and oxygen atoms in total. The van der Waals surface area contributed by atoms with E-state index in [1.165, 1.54) is 6.07 Å². The predicted octanol–water partition coefficient (Wildman–Crippen LogP) is 2.42. The van der Waals surface area contributed by atoms with Gasteiger partial charge in [0.15, 0.2) is 0 Å². The van der Waals surface area contributed by atoms with Gasteiger partial charge in [-0.25, -0.2) is 13.1 Å². The van der Waals surface area contributed by atoms with Gasteiger partial charge in [-0.2, -0.15) is 0 Å². The summed E-state index contributed by atoms with van der Waals surface area (Å²) in [6.07, 6.45) is 4.12. The van der Waals surface area contributed by atoms with Crippen LogP contribution in [0.25, 0.3) is 0 Å². The second-order valence-electron chi connectivity index (χ2n) is 5.27. The van der Waals surface area contributed by atoms with Crippen molar-refractivity contribution < 1.29 is 13.5 Å². The number of halogens is 1. The number of hydrogen-bond acceptors (Lipinski definition) is 3. The predicted molar refractivity (Wildman–Crippen MR) is 79.2 cm³/mol. The van der Waals surface area contributed by atoms with Gasteiger partial charge in [0.25, 0.3) is 0 Å². The van der Waals surface area contributed by atoms with E-state index in [0.717, 1.165) is 25.7 Å². The quantitative estimate of drug-likeness (QED) is 0.876. The molecule has 1 aliphatic rings. The molecule has 0 aliphatic heterocycles. The fourth-order valence-corrected chi connectivity index (χ4v) is 4.36. The summed E-state index contributed by atoms with van der Waals surface area (Å²) in [6, 6.07) is 6.41. The highest BCUT2D eigenvalue weighted by Gasteiger charge is 2.26. The SMILES string of the molecule is O=S(=O)(NCC1CCCCC1CO)c1ccccc1Cl. The smallest absolute Gasteiger partial charge is 0.242 e. The molecular formula is C14H20ClNO3S. The molecule has 1 fully saturated rings. The van der Waals surface area contributed by atoms with Crippen LogP contribution in [0.5, 0.6) is 0 Å². The van der Waals surface area contributed by atoms with Crippen LogP contribution < -0.4 is 4.72 Å². The van der Waals surface area contributed by atoms with E-state index >= 15 is 0 Å². The van der Waals surface area contributed by atoms with Gasteiger partial charge in [-0.05, 0) is 36.8 Å². The van der Waals surface area contributed by atoms with E-state index in [2.05, 4.69) is 4.72 Å². The van der Waals surface area contributed by atoms with Crippen molar-refractivity contribution in [1.29, 1.82) is 0 Å². The van der Waals surface area contributed by atoms with E-state index in [1.54, 1.807) is 18.2 Å². The summed E-state index contributed by atoms with van der Waals surface area (Å²) in [5, 5.41) is 9.58. The van der Waals surface area contributed by atoms with Gasteiger partial charge in [0, 0.05) is 13.2 Å². The van der Waals surface area contributed by atoms with E-state index in [1.807, 2.05) is 0 Å². The third-order valence-corrected chi connectivity index (χ3v) is 5.89. The fraction of sp³-hybridized carbons (Fsp3) is 0.571. The van der Waals surface area contributed by atoms with Gasteiger partial charge in [-0.15, -0.1) is 0 Å². The zero-order valence-electron chi connectivity index (χ0n) is 11.3. The van der Waals surface area contributed by atoms with Gasteiger partial charge in [0.2, 0.25) is 10.0 Å². The van der Waals surface area contributed by atoms with Gasteiger partial charge < -0.3 is 5.11 Å². The third-order valence-electron chi connectivity index (χ3n) is 3.96. The summed E-state index contributed by atoms with van der Waals surface area (Å²) in [7, 11) is -3.59. The molecule has 1 aliphatic carbocycles. The van der Waals surface area contributed by atoms with Crippen molar-refractivity contribution in [2.24, 2.45) is 11.8 Å². The summed E-state index contributed by atoms with van der Waals surface area (Å²) in [4.78, 5) is 0.109. The van der Waals surface area contributed by atoms with Crippen LogP contribution in [0.3, 0.4) is 0 Å². The summed E-state index contributed by atoms with van der Waals surface area (Å²) in [6.45, 7) is 0.483. The van der Waals surface area contributed by atoms with Crippen LogP contribution in [0.1, 0.15) is 25.7 Å². The average Bonchev–Trinajstić information content (AvgIpc) is 2.46. The first kappa shape index (κ1) is 15.8. The molecule has 1 aromatic rings. The summed E-state index contributed by atoms with van der Waals surface area (Å²) in [5.74, 6) is 0.392. The van der Waals surface area contributed by atoms with E-state index < -0.39 is 10.0 Å². The largest absolute Gasteiger partial charge is 0.396 e. The van der Waals surface area contributed by atoms with Crippen molar-refractivity contribution >= 4 is 21.6 Å². The lowest BCUT2D eigenvalue weighted by atomic mass is 9.80. The summed E-state index contributed by atoms with van der Waals surface area (Å²) in [5.41, 5.74) is 0. The minimum absolute atomic E-state index is 0.109. The Morgan fingerprint density at radius 2 is 1.85 bits per heavy atom. The second kappa shape index (κ2) is 6.89. The van der Waals surface area contributed by atoms with Crippen LogP contribution >= 0.6 is 11.6 Å². The number of nitrogens with one attached hydrogen (secondary N) is 1.